The lowest BCUT2D eigenvalue weighted by Crippen LogP contribution is -1.99. The van der Waals surface area contributed by atoms with Crippen molar-refractivity contribution in [1.29, 1.82) is 0 Å². The van der Waals surface area contributed by atoms with Crippen LogP contribution in [0.15, 0.2) is 42.5 Å². The van der Waals surface area contributed by atoms with Crippen LogP contribution in [0, 0.1) is 0 Å². The Morgan fingerprint density at radius 1 is 1.15 bits per heavy atom. The standard InChI is InChI=1S/C17H18O3/c1-2-3-6-13-11-12(9-10-16(13)18)14-7-4-5-8-15(14)17(19)20/h4-5,7-11,18H,2-3,6H2,1H3,(H,19,20). The van der Waals surface area contributed by atoms with Crippen LogP contribution in [0.1, 0.15) is 35.7 Å². The molecule has 0 saturated carbocycles. The maximum absolute atomic E-state index is 11.3. The molecule has 2 aromatic rings. The van der Waals surface area contributed by atoms with Crippen LogP contribution in [0.5, 0.6) is 5.75 Å². The van der Waals surface area contributed by atoms with Crippen LogP contribution in [0.2, 0.25) is 0 Å². The summed E-state index contributed by atoms with van der Waals surface area (Å²) in [6.45, 7) is 2.10. The second-order valence-electron chi connectivity index (χ2n) is 4.80. The highest BCUT2D eigenvalue weighted by Crippen LogP contribution is 2.29. The van der Waals surface area contributed by atoms with Gasteiger partial charge in [0.05, 0.1) is 5.56 Å². The number of aromatic carboxylic acids is 1. The van der Waals surface area contributed by atoms with Gasteiger partial charge >= 0.3 is 5.97 Å². The zero-order valence-electron chi connectivity index (χ0n) is 11.5. The number of phenolic OH excluding ortho intramolecular Hbond substituents is 1. The molecule has 0 fully saturated rings. The maximum Gasteiger partial charge on any atom is 0.336 e. The predicted molar refractivity (Wildman–Crippen MR) is 79.1 cm³/mol. The van der Waals surface area contributed by atoms with E-state index in [1.165, 1.54) is 0 Å². The molecule has 2 N–H and O–H groups in total. The molecule has 104 valence electrons. The summed E-state index contributed by atoms with van der Waals surface area (Å²) in [6.07, 6.45) is 2.85. The number of carboxylic acids is 1. The van der Waals surface area contributed by atoms with E-state index in [-0.39, 0.29) is 11.3 Å². The number of rotatable bonds is 5. The number of benzene rings is 2. The molecule has 2 rings (SSSR count). The highest BCUT2D eigenvalue weighted by atomic mass is 16.4. The summed E-state index contributed by atoms with van der Waals surface area (Å²) in [5, 5.41) is 19.1. The van der Waals surface area contributed by atoms with Crippen molar-refractivity contribution in [1.82, 2.24) is 0 Å². The van der Waals surface area contributed by atoms with Crippen molar-refractivity contribution in [3.8, 4) is 16.9 Å². The van der Waals surface area contributed by atoms with Crippen molar-refractivity contribution in [3.05, 3.63) is 53.6 Å². The summed E-state index contributed by atoms with van der Waals surface area (Å²) < 4.78 is 0. The fourth-order valence-corrected chi connectivity index (χ4v) is 2.24. The Kier molecular flexibility index (Phi) is 4.41. The van der Waals surface area contributed by atoms with Gasteiger partial charge in [0.1, 0.15) is 5.75 Å². The first-order chi connectivity index (χ1) is 9.63. The number of aromatic hydroxyl groups is 1. The average molecular weight is 270 g/mol. The van der Waals surface area contributed by atoms with Gasteiger partial charge in [0.25, 0.3) is 0 Å². The van der Waals surface area contributed by atoms with E-state index in [1.807, 2.05) is 12.1 Å². The molecule has 0 spiro atoms. The van der Waals surface area contributed by atoms with Crippen LogP contribution in [-0.2, 0) is 6.42 Å². The first-order valence-electron chi connectivity index (χ1n) is 6.78. The van der Waals surface area contributed by atoms with Gasteiger partial charge < -0.3 is 10.2 Å². The van der Waals surface area contributed by atoms with E-state index in [0.29, 0.717) is 5.56 Å². The van der Waals surface area contributed by atoms with Crippen LogP contribution < -0.4 is 0 Å². The number of carboxylic acid groups (broad SMARTS) is 1. The molecule has 0 aliphatic heterocycles. The summed E-state index contributed by atoms with van der Waals surface area (Å²) in [5.41, 5.74) is 2.65. The largest absolute Gasteiger partial charge is 0.508 e. The molecule has 0 unspecified atom stereocenters. The average Bonchev–Trinajstić information content (AvgIpc) is 2.46. The van der Waals surface area contributed by atoms with E-state index in [9.17, 15) is 15.0 Å². The number of hydrogen-bond donors (Lipinski definition) is 2. The van der Waals surface area contributed by atoms with Gasteiger partial charge in [-0.1, -0.05) is 37.6 Å². The second kappa shape index (κ2) is 6.24. The number of aryl methyl sites for hydroxylation is 1. The number of unbranched alkanes of at least 4 members (excludes halogenated alkanes) is 1. The fourth-order valence-electron chi connectivity index (χ4n) is 2.24. The molecule has 2 aromatic carbocycles. The van der Waals surface area contributed by atoms with Crippen molar-refractivity contribution < 1.29 is 15.0 Å². The van der Waals surface area contributed by atoms with Crippen LogP contribution in [0.25, 0.3) is 11.1 Å². The third-order valence-corrected chi connectivity index (χ3v) is 3.35. The lowest BCUT2D eigenvalue weighted by Gasteiger charge is -2.10. The molecule has 0 aliphatic carbocycles. The minimum atomic E-state index is -0.941. The summed E-state index contributed by atoms with van der Waals surface area (Å²) in [5.74, 6) is -0.668. The Labute approximate surface area is 118 Å². The second-order valence-corrected chi connectivity index (χ2v) is 4.80. The number of phenols is 1. The van der Waals surface area contributed by atoms with Crippen LogP contribution in [-0.4, -0.2) is 16.2 Å². The van der Waals surface area contributed by atoms with Gasteiger partial charge in [-0.25, -0.2) is 4.79 Å². The monoisotopic (exact) mass is 270 g/mol. The topological polar surface area (TPSA) is 57.5 Å². The van der Waals surface area contributed by atoms with E-state index in [0.717, 1.165) is 30.4 Å². The SMILES string of the molecule is CCCCc1cc(-c2ccccc2C(=O)O)ccc1O. The molecule has 0 saturated heterocycles. The van der Waals surface area contributed by atoms with E-state index >= 15 is 0 Å². The van der Waals surface area contributed by atoms with Crippen molar-refractivity contribution in [3.63, 3.8) is 0 Å². The Morgan fingerprint density at radius 2 is 1.90 bits per heavy atom. The molecule has 0 bridgehead atoms. The van der Waals surface area contributed by atoms with Gasteiger partial charge in [0.15, 0.2) is 0 Å². The zero-order valence-corrected chi connectivity index (χ0v) is 11.5. The van der Waals surface area contributed by atoms with Crippen molar-refractivity contribution in [2.75, 3.05) is 0 Å². The van der Waals surface area contributed by atoms with Crippen molar-refractivity contribution in [2.24, 2.45) is 0 Å². The molecular weight excluding hydrogens is 252 g/mol. The maximum atomic E-state index is 11.3. The minimum absolute atomic E-state index is 0.273. The quantitative estimate of drug-likeness (QED) is 0.860. The smallest absolute Gasteiger partial charge is 0.336 e. The highest BCUT2D eigenvalue weighted by Gasteiger charge is 2.12. The Hall–Kier alpha value is -2.29. The zero-order chi connectivity index (χ0) is 14.5. The Bertz CT molecular complexity index is 617. The van der Waals surface area contributed by atoms with Crippen LogP contribution in [0.3, 0.4) is 0 Å². The van der Waals surface area contributed by atoms with E-state index in [2.05, 4.69) is 6.92 Å². The minimum Gasteiger partial charge on any atom is -0.508 e. The van der Waals surface area contributed by atoms with Crippen molar-refractivity contribution >= 4 is 5.97 Å². The van der Waals surface area contributed by atoms with E-state index in [1.54, 1.807) is 30.3 Å². The summed E-state index contributed by atoms with van der Waals surface area (Å²) in [6, 6.07) is 12.2. The lowest BCUT2D eigenvalue weighted by molar-refractivity contribution is 0.0697. The predicted octanol–water partition coefficient (Wildman–Crippen LogP) is 4.10. The van der Waals surface area contributed by atoms with E-state index in [4.69, 9.17) is 0 Å². The molecule has 3 heteroatoms. The molecule has 0 radical (unpaired) electrons. The Balaban J connectivity index is 2.45. The molecular formula is C17H18O3. The van der Waals surface area contributed by atoms with Gasteiger partial charge in [-0.05, 0) is 47.7 Å². The first kappa shape index (κ1) is 14.1. The van der Waals surface area contributed by atoms with Crippen LogP contribution in [0.4, 0.5) is 0 Å². The molecule has 0 atom stereocenters. The first-order valence-corrected chi connectivity index (χ1v) is 6.78. The van der Waals surface area contributed by atoms with Gasteiger partial charge in [-0.15, -0.1) is 0 Å². The Morgan fingerprint density at radius 3 is 2.60 bits per heavy atom. The molecule has 20 heavy (non-hydrogen) atoms. The van der Waals surface area contributed by atoms with Gasteiger partial charge in [0, 0.05) is 0 Å². The van der Waals surface area contributed by atoms with Crippen LogP contribution >= 0.6 is 0 Å². The highest BCUT2D eigenvalue weighted by molar-refractivity contribution is 5.96. The number of carbonyl (C=O) groups is 1. The molecule has 0 aromatic heterocycles. The molecule has 3 nitrogen and oxygen atoms in total. The van der Waals surface area contributed by atoms with Crippen molar-refractivity contribution in [2.45, 2.75) is 26.2 Å². The third-order valence-electron chi connectivity index (χ3n) is 3.35. The normalized spacial score (nSPS) is 10.4. The van der Waals surface area contributed by atoms with Gasteiger partial charge in [0.2, 0.25) is 0 Å². The van der Waals surface area contributed by atoms with E-state index < -0.39 is 5.97 Å². The molecule has 0 aliphatic rings. The number of hydrogen-bond acceptors (Lipinski definition) is 2. The lowest BCUT2D eigenvalue weighted by atomic mass is 9.96. The molecule has 0 heterocycles. The summed E-state index contributed by atoms with van der Waals surface area (Å²) in [4.78, 5) is 11.3. The van der Waals surface area contributed by atoms with Gasteiger partial charge in [-0.2, -0.15) is 0 Å². The molecule has 0 amide bonds. The summed E-state index contributed by atoms with van der Waals surface area (Å²) >= 11 is 0. The summed E-state index contributed by atoms with van der Waals surface area (Å²) in [7, 11) is 0. The third kappa shape index (κ3) is 2.99. The van der Waals surface area contributed by atoms with Gasteiger partial charge in [-0.3, -0.25) is 0 Å². The fraction of sp³-hybridized carbons (Fsp3) is 0.235.